The predicted octanol–water partition coefficient (Wildman–Crippen LogP) is 4.99. The summed E-state index contributed by atoms with van der Waals surface area (Å²) < 4.78 is 0. The Hall–Kier alpha value is -3.28. The summed E-state index contributed by atoms with van der Waals surface area (Å²) in [4.78, 5) is 38.7. The largest absolute Gasteiger partial charge is 0.294 e. The lowest BCUT2D eigenvalue weighted by Gasteiger charge is -2.38. The Labute approximate surface area is 175 Å². The monoisotopic (exact) mass is 404 g/mol. The summed E-state index contributed by atoms with van der Waals surface area (Å²) >= 11 is 0. The second kappa shape index (κ2) is 7.86. The Morgan fingerprint density at radius 3 is 2.50 bits per heavy atom. The Morgan fingerprint density at radius 2 is 1.83 bits per heavy atom. The second-order valence-corrected chi connectivity index (χ2v) is 7.95. The second-order valence-electron chi connectivity index (χ2n) is 7.95. The van der Waals surface area contributed by atoms with E-state index in [1.807, 2.05) is 31.2 Å². The fraction of sp³-hybridized carbons (Fsp3) is 0.333. The SMILES string of the molecule is CCc1ccc(C2CC(=O)N(c3cc([N+](=O)[O-])ccc3C)C3=C2C(=O)CCC3)cc1. The van der Waals surface area contributed by atoms with Crippen LogP contribution in [-0.2, 0) is 16.0 Å². The predicted molar refractivity (Wildman–Crippen MR) is 114 cm³/mol. The number of aryl methyl sites for hydroxylation is 2. The molecule has 2 aromatic rings. The van der Waals surface area contributed by atoms with Gasteiger partial charge in [0.1, 0.15) is 0 Å². The van der Waals surface area contributed by atoms with Gasteiger partial charge in [0.15, 0.2) is 5.78 Å². The van der Waals surface area contributed by atoms with Gasteiger partial charge in [-0.05, 0) is 42.9 Å². The molecule has 0 saturated heterocycles. The van der Waals surface area contributed by atoms with Crippen LogP contribution in [0.1, 0.15) is 55.2 Å². The van der Waals surface area contributed by atoms with Crippen LogP contribution in [0.4, 0.5) is 11.4 Å². The number of amides is 1. The molecule has 0 spiro atoms. The number of rotatable bonds is 4. The summed E-state index contributed by atoms with van der Waals surface area (Å²) in [6, 6.07) is 12.6. The standard InChI is InChI=1S/C24H24N2O4/c1-3-16-8-10-17(11-9-16)19-14-23(28)25(20-5-4-6-22(27)24(19)20)21-13-18(26(29)30)12-7-15(21)2/h7-13,19H,3-6,14H2,1-2H3. The van der Waals surface area contributed by atoms with Gasteiger partial charge in [0.25, 0.3) is 5.69 Å². The molecule has 4 rings (SSSR count). The first-order valence-corrected chi connectivity index (χ1v) is 10.3. The fourth-order valence-corrected chi connectivity index (χ4v) is 4.50. The molecule has 0 N–H and O–H groups in total. The number of nitro groups is 1. The van der Waals surface area contributed by atoms with Crippen molar-refractivity contribution in [2.45, 2.75) is 51.9 Å². The fourth-order valence-electron chi connectivity index (χ4n) is 4.50. The lowest BCUT2D eigenvalue weighted by Crippen LogP contribution is -2.40. The van der Waals surface area contributed by atoms with Crippen LogP contribution < -0.4 is 4.90 Å². The van der Waals surface area contributed by atoms with Gasteiger partial charge in [0.05, 0.1) is 10.6 Å². The van der Waals surface area contributed by atoms with Crippen molar-refractivity contribution < 1.29 is 14.5 Å². The number of benzene rings is 2. The zero-order chi connectivity index (χ0) is 21.4. The van der Waals surface area contributed by atoms with Crippen molar-refractivity contribution in [2.75, 3.05) is 4.90 Å². The molecule has 1 heterocycles. The van der Waals surface area contributed by atoms with Gasteiger partial charge in [-0.15, -0.1) is 0 Å². The highest BCUT2D eigenvalue weighted by Crippen LogP contribution is 2.44. The minimum atomic E-state index is -0.462. The maximum Gasteiger partial charge on any atom is 0.271 e. The quantitative estimate of drug-likeness (QED) is 0.531. The van der Waals surface area contributed by atoms with E-state index in [0.717, 1.165) is 17.5 Å². The van der Waals surface area contributed by atoms with Gasteiger partial charge in [-0.2, -0.15) is 0 Å². The van der Waals surface area contributed by atoms with Crippen LogP contribution >= 0.6 is 0 Å². The first kappa shape index (κ1) is 20.0. The van der Waals surface area contributed by atoms with Gasteiger partial charge >= 0.3 is 0 Å². The number of Topliss-reactive ketones (excluding diaryl/α,β-unsaturated/α-hetero) is 1. The summed E-state index contributed by atoms with van der Waals surface area (Å²) in [6.45, 7) is 3.91. The first-order chi connectivity index (χ1) is 14.4. The molecular formula is C24H24N2O4. The van der Waals surface area contributed by atoms with Crippen LogP contribution in [0.15, 0.2) is 53.7 Å². The lowest BCUT2D eigenvalue weighted by molar-refractivity contribution is -0.384. The van der Waals surface area contributed by atoms with Crippen LogP contribution in [0.2, 0.25) is 0 Å². The summed E-state index contributed by atoms with van der Waals surface area (Å²) in [5.41, 5.74) is 4.77. The molecule has 154 valence electrons. The lowest BCUT2D eigenvalue weighted by atomic mass is 9.77. The molecule has 1 amide bonds. The molecule has 2 aromatic carbocycles. The maximum absolute atomic E-state index is 13.3. The van der Waals surface area contributed by atoms with E-state index in [4.69, 9.17) is 0 Å². The maximum atomic E-state index is 13.3. The molecule has 2 aliphatic rings. The van der Waals surface area contributed by atoms with E-state index in [9.17, 15) is 19.7 Å². The third-order valence-corrected chi connectivity index (χ3v) is 6.11. The van der Waals surface area contributed by atoms with Crippen molar-refractivity contribution in [1.29, 1.82) is 0 Å². The third-order valence-electron chi connectivity index (χ3n) is 6.11. The number of carbonyl (C=O) groups is 2. The van der Waals surface area contributed by atoms with E-state index in [1.165, 1.54) is 17.7 Å². The van der Waals surface area contributed by atoms with Crippen LogP contribution in [0.25, 0.3) is 0 Å². The molecule has 1 unspecified atom stereocenters. The van der Waals surface area contributed by atoms with Gasteiger partial charge < -0.3 is 0 Å². The highest BCUT2D eigenvalue weighted by atomic mass is 16.6. The molecule has 0 saturated carbocycles. The highest BCUT2D eigenvalue weighted by Gasteiger charge is 2.40. The molecular weight excluding hydrogens is 380 g/mol. The molecule has 0 aromatic heterocycles. The van der Waals surface area contributed by atoms with E-state index in [1.54, 1.807) is 11.0 Å². The van der Waals surface area contributed by atoms with Gasteiger partial charge in [-0.25, -0.2) is 0 Å². The molecule has 1 aliphatic carbocycles. The van der Waals surface area contributed by atoms with Crippen molar-refractivity contribution in [3.63, 3.8) is 0 Å². The zero-order valence-corrected chi connectivity index (χ0v) is 17.2. The van der Waals surface area contributed by atoms with E-state index in [-0.39, 0.29) is 29.7 Å². The summed E-state index contributed by atoms with van der Waals surface area (Å²) in [5, 5.41) is 11.3. The van der Waals surface area contributed by atoms with Crippen molar-refractivity contribution >= 4 is 23.1 Å². The number of carbonyl (C=O) groups excluding carboxylic acids is 2. The number of allylic oxidation sites excluding steroid dienone is 2. The Morgan fingerprint density at radius 1 is 1.10 bits per heavy atom. The average Bonchev–Trinajstić information content (AvgIpc) is 2.74. The smallest absolute Gasteiger partial charge is 0.271 e. The number of ketones is 1. The Bertz CT molecular complexity index is 1070. The number of anilines is 1. The van der Waals surface area contributed by atoms with Gasteiger partial charge in [0.2, 0.25) is 5.91 Å². The molecule has 1 atom stereocenters. The topological polar surface area (TPSA) is 80.5 Å². The number of nitrogens with zero attached hydrogens (tertiary/aromatic N) is 2. The molecule has 6 nitrogen and oxygen atoms in total. The summed E-state index contributed by atoms with van der Waals surface area (Å²) in [5.74, 6) is -0.320. The highest BCUT2D eigenvalue weighted by molar-refractivity contribution is 6.07. The van der Waals surface area contributed by atoms with E-state index < -0.39 is 4.92 Å². The minimum absolute atomic E-state index is 0.0648. The Kier molecular flexibility index (Phi) is 5.24. The summed E-state index contributed by atoms with van der Waals surface area (Å²) in [7, 11) is 0. The summed E-state index contributed by atoms with van der Waals surface area (Å²) in [6.07, 6.45) is 2.86. The van der Waals surface area contributed by atoms with Crippen molar-refractivity contribution in [3.05, 3.63) is 80.5 Å². The normalized spacial score (nSPS) is 19.1. The van der Waals surface area contributed by atoms with Gasteiger partial charge in [-0.1, -0.05) is 37.3 Å². The van der Waals surface area contributed by atoms with Crippen molar-refractivity contribution in [2.24, 2.45) is 0 Å². The average molecular weight is 404 g/mol. The van der Waals surface area contributed by atoms with E-state index in [0.29, 0.717) is 36.2 Å². The Balaban J connectivity index is 1.86. The number of nitro benzene ring substituents is 1. The number of hydrogen-bond acceptors (Lipinski definition) is 4. The third kappa shape index (κ3) is 3.43. The zero-order valence-electron chi connectivity index (χ0n) is 17.2. The van der Waals surface area contributed by atoms with Crippen molar-refractivity contribution in [3.8, 4) is 0 Å². The van der Waals surface area contributed by atoms with Crippen LogP contribution in [-0.4, -0.2) is 16.6 Å². The van der Waals surface area contributed by atoms with Gasteiger partial charge in [0, 0.05) is 42.2 Å². The molecule has 1 aliphatic heterocycles. The molecule has 0 bridgehead atoms. The molecule has 30 heavy (non-hydrogen) atoms. The number of hydrogen-bond donors (Lipinski definition) is 0. The van der Waals surface area contributed by atoms with E-state index >= 15 is 0 Å². The first-order valence-electron chi connectivity index (χ1n) is 10.3. The minimum Gasteiger partial charge on any atom is -0.294 e. The number of non-ortho nitro benzene ring substituents is 1. The van der Waals surface area contributed by atoms with E-state index in [2.05, 4.69) is 6.92 Å². The molecule has 0 radical (unpaired) electrons. The van der Waals surface area contributed by atoms with Crippen LogP contribution in [0, 0.1) is 17.0 Å². The van der Waals surface area contributed by atoms with Gasteiger partial charge in [-0.3, -0.25) is 24.6 Å². The van der Waals surface area contributed by atoms with Crippen LogP contribution in [0.5, 0.6) is 0 Å². The molecule has 0 fully saturated rings. The molecule has 6 heteroatoms. The van der Waals surface area contributed by atoms with Crippen LogP contribution in [0.3, 0.4) is 0 Å². The van der Waals surface area contributed by atoms with Crippen molar-refractivity contribution in [1.82, 2.24) is 0 Å².